The second-order valence-electron chi connectivity index (χ2n) is 5.33. The molecule has 8 heteroatoms. The van der Waals surface area contributed by atoms with Gasteiger partial charge in [0.2, 0.25) is 0 Å². The van der Waals surface area contributed by atoms with E-state index in [1.54, 1.807) is 0 Å². The first-order chi connectivity index (χ1) is 10.9. The maximum absolute atomic E-state index is 12.4. The summed E-state index contributed by atoms with van der Waals surface area (Å²) in [7, 11) is 0. The van der Waals surface area contributed by atoms with E-state index in [-0.39, 0.29) is 17.6 Å². The third-order valence-corrected chi connectivity index (χ3v) is 4.48. The molecule has 0 saturated carbocycles. The number of nitrogens with one attached hydrogen (secondary N) is 2. The van der Waals surface area contributed by atoms with Crippen LogP contribution in [-0.2, 0) is 25.6 Å². The molecule has 0 fully saturated rings. The van der Waals surface area contributed by atoms with Gasteiger partial charge in [0.05, 0.1) is 6.54 Å². The summed E-state index contributed by atoms with van der Waals surface area (Å²) in [5, 5.41) is 6.56. The molecule has 2 aromatic rings. The Labute approximate surface area is 134 Å². The van der Waals surface area contributed by atoms with E-state index < -0.39 is 17.9 Å². The minimum Gasteiger partial charge on any atom is -0.335 e. The second kappa shape index (κ2) is 6.19. The SMILES string of the molecule is O=C(NCc1nc(C(F)(F)F)cs1)NC1Cc2ccccc2C1. The molecule has 1 heterocycles. The molecule has 1 aromatic carbocycles. The molecule has 23 heavy (non-hydrogen) atoms. The average Bonchev–Trinajstić information content (AvgIpc) is 3.10. The minimum absolute atomic E-state index is 0.00873. The highest BCUT2D eigenvalue weighted by atomic mass is 32.1. The fourth-order valence-electron chi connectivity index (χ4n) is 2.58. The normalized spacial score (nSPS) is 14.6. The molecule has 1 aromatic heterocycles. The van der Waals surface area contributed by atoms with Crippen molar-refractivity contribution in [3.8, 4) is 0 Å². The smallest absolute Gasteiger partial charge is 0.335 e. The van der Waals surface area contributed by atoms with Crippen molar-refractivity contribution in [2.45, 2.75) is 31.6 Å². The van der Waals surface area contributed by atoms with E-state index in [2.05, 4.69) is 15.6 Å². The number of urea groups is 1. The Morgan fingerprint density at radius 2 is 1.91 bits per heavy atom. The first-order valence-corrected chi connectivity index (χ1v) is 7.92. The van der Waals surface area contributed by atoms with Crippen LogP contribution in [0.15, 0.2) is 29.6 Å². The summed E-state index contributed by atoms with van der Waals surface area (Å²) < 4.78 is 37.3. The zero-order valence-corrected chi connectivity index (χ0v) is 12.8. The van der Waals surface area contributed by atoms with Crippen LogP contribution >= 0.6 is 11.3 Å². The van der Waals surface area contributed by atoms with Crippen molar-refractivity contribution < 1.29 is 18.0 Å². The van der Waals surface area contributed by atoms with Gasteiger partial charge in [0.25, 0.3) is 0 Å². The van der Waals surface area contributed by atoms with Gasteiger partial charge in [0.1, 0.15) is 5.01 Å². The Kier molecular flexibility index (Phi) is 4.25. The minimum atomic E-state index is -4.45. The number of hydrogen-bond donors (Lipinski definition) is 2. The summed E-state index contributed by atoms with van der Waals surface area (Å²) in [6, 6.07) is 7.59. The largest absolute Gasteiger partial charge is 0.434 e. The van der Waals surface area contributed by atoms with Gasteiger partial charge in [-0.3, -0.25) is 0 Å². The van der Waals surface area contributed by atoms with Crippen LogP contribution in [0.5, 0.6) is 0 Å². The fraction of sp³-hybridized carbons (Fsp3) is 0.333. The van der Waals surface area contributed by atoms with Gasteiger partial charge < -0.3 is 10.6 Å². The summed E-state index contributed by atoms with van der Waals surface area (Å²) in [4.78, 5) is 15.3. The van der Waals surface area contributed by atoms with Crippen molar-refractivity contribution >= 4 is 17.4 Å². The van der Waals surface area contributed by atoms with Gasteiger partial charge in [-0.2, -0.15) is 13.2 Å². The van der Waals surface area contributed by atoms with Crippen LogP contribution in [0.4, 0.5) is 18.0 Å². The molecule has 0 atom stereocenters. The van der Waals surface area contributed by atoms with E-state index in [4.69, 9.17) is 0 Å². The van der Waals surface area contributed by atoms with Crippen LogP contribution in [-0.4, -0.2) is 17.1 Å². The number of rotatable bonds is 3. The number of benzene rings is 1. The molecule has 0 bridgehead atoms. The van der Waals surface area contributed by atoms with Crippen molar-refractivity contribution in [2.75, 3.05) is 0 Å². The molecular weight excluding hydrogens is 327 g/mol. The lowest BCUT2D eigenvalue weighted by Crippen LogP contribution is -2.42. The second-order valence-corrected chi connectivity index (χ2v) is 6.27. The highest BCUT2D eigenvalue weighted by Crippen LogP contribution is 2.29. The third kappa shape index (κ3) is 3.82. The van der Waals surface area contributed by atoms with E-state index in [1.165, 1.54) is 11.1 Å². The number of aromatic nitrogens is 1. The molecule has 0 aliphatic heterocycles. The topological polar surface area (TPSA) is 54.0 Å². The molecule has 0 radical (unpaired) electrons. The molecule has 2 amide bonds. The lowest BCUT2D eigenvalue weighted by Gasteiger charge is -2.12. The summed E-state index contributed by atoms with van der Waals surface area (Å²) in [5.41, 5.74) is 1.51. The van der Waals surface area contributed by atoms with E-state index in [0.29, 0.717) is 0 Å². The van der Waals surface area contributed by atoms with Crippen LogP contribution in [0.3, 0.4) is 0 Å². The maximum atomic E-state index is 12.4. The van der Waals surface area contributed by atoms with Crippen LogP contribution in [0.2, 0.25) is 0 Å². The monoisotopic (exact) mass is 341 g/mol. The Morgan fingerprint density at radius 1 is 1.26 bits per heavy atom. The number of carbonyl (C=O) groups excluding carboxylic acids is 1. The Bertz CT molecular complexity index is 689. The number of halogens is 3. The molecular formula is C15H14F3N3OS. The summed E-state index contributed by atoms with van der Waals surface area (Å²) in [5.74, 6) is 0. The van der Waals surface area contributed by atoms with E-state index >= 15 is 0 Å². The maximum Gasteiger partial charge on any atom is 0.434 e. The third-order valence-electron chi connectivity index (χ3n) is 3.63. The van der Waals surface area contributed by atoms with Gasteiger partial charge in [-0.15, -0.1) is 11.3 Å². The number of amides is 2. The Morgan fingerprint density at radius 3 is 2.48 bits per heavy atom. The molecule has 122 valence electrons. The molecule has 0 saturated heterocycles. The van der Waals surface area contributed by atoms with Gasteiger partial charge in [-0.25, -0.2) is 9.78 Å². The van der Waals surface area contributed by atoms with Crippen LogP contribution in [0, 0.1) is 0 Å². The van der Waals surface area contributed by atoms with Crippen molar-refractivity contribution in [3.05, 3.63) is 51.5 Å². The predicted molar refractivity (Wildman–Crippen MR) is 80.1 cm³/mol. The van der Waals surface area contributed by atoms with Crippen LogP contribution < -0.4 is 10.6 Å². The van der Waals surface area contributed by atoms with E-state index in [9.17, 15) is 18.0 Å². The zero-order valence-electron chi connectivity index (χ0n) is 12.0. The van der Waals surface area contributed by atoms with E-state index in [1.807, 2.05) is 24.3 Å². The number of hydrogen-bond acceptors (Lipinski definition) is 3. The Hall–Kier alpha value is -2.09. The van der Waals surface area contributed by atoms with Gasteiger partial charge in [0, 0.05) is 11.4 Å². The standard InChI is InChI=1S/C15H14F3N3OS/c16-15(17,18)12-8-23-13(21-12)7-19-14(22)20-11-5-9-3-1-2-4-10(9)6-11/h1-4,8,11H,5-7H2,(H2,19,20,22). The highest BCUT2D eigenvalue weighted by Gasteiger charge is 2.33. The fourth-order valence-corrected chi connectivity index (χ4v) is 3.32. The van der Waals surface area contributed by atoms with E-state index in [0.717, 1.165) is 29.6 Å². The van der Waals surface area contributed by atoms with Gasteiger partial charge in [-0.05, 0) is 24.0 Å². The first-order valence-electron chi connectivity index (χ1n) is 7.04. The van der Waals surface area contributed by atoms with Crippen LogP contribution in [0.25, 0.3) is 0 Å². The van der Waals surface area contributed by atoms with Crippen molar-refractivity contribution in [3.63, 3.8) is 0 Å². The molecule has 1 aliphatic rings. The molecule has 0 spiro atoms. The molecule has 0 unspecified atom stereocenters. The molecule has 3 rings (SSSR count). The van der Waals surface area contributed by atoms with Gasteiger partial charge >= 0.3 is 12.2 Å². The lowest BCUT2D eigenvalue weighted by atomic mass is 10.1. The summed E-state index contributed by atoms with van der Waals surface area (Å²) in [6.45, 7) is -0.0216. The summed E-state index contributed by atoms with van der Waals surface area (Å²) >= 11 is 0.877. The van der Waals surface area contributed by atoms with Crippen molar-refractivity contribution in [1.82, 2.24) is 15.6 Å². The first kappa shape index (κ1) is 15.8. The number of thiazole rings is 1. The van der Waals surface area contributed by atoms with Gasteiger partial charge in [0.15, 0.2) is 5.69 Å². The zero-order chi connectivity index (χ0) is 16.4. The number of nitrogens with zero attached hydrogens (tertiary/aromatic N) is 1. The molecule has 4 nitrogen and oxygen atoms in total. The van der Waals surface area contributed by atoms with Gasteiger partial charge in [-0.1, -0.05) is 24.3 Å². The molecule has 1 aliphatic carbocycles. The summed E-state index contributed by atoms with van der Waals surface area (Å²) in [6.07, 6.45) is -2.93. The average molecular weight is 341 g/mol. The van der Waals surface area contributed by atoms with Crippen LogP contribution in [0.1, 0.15) is 21.8 Å². The highest BCUT2D eigenvalue weighted by molar-refractivity contribution is 7.09. The quantitative estimate of drug-likeness (QED) is 0.901. The number of carbonyl (C=O) groups is 1. The van der Waals surface area contributed by atoms with Crippen molar-refractivity contribution in [1.29, 1.82) is 0 Å². The number of alkyl halides is 3. The lowest BCUT2D eigenvalue weighted by molar-refractivity contribution is -0.140. The number of fused-ring (bicyclic) bond motifs is 1. The predicted octanol–water partition coefficient (Wildman–Crippen LogP) is 3.13. The van der Waals surface area contributed by atoms with Crippen molar-refractivity contribution in [2.24, 2.45) is 0 Å². The molecule has 2 N–H and O–H groups in total. The Balaban J connectivity index is 1.48.